The summed E-state index contributed by atoms with van der Waals surface area (Å²) in [5, 5.41) is 6.37. The largest absolute Gasteiger partial charge is 0.444 e. The van der Waals surface area contributed by atoms with Crippen LogP contribution in [-0.2, 0) is 11.3 Å². The maximum absolute atomic E-state index is 11.5. The second kappa shape index (κ2) is 5.68. The molecule has 0 aliphatic heterocycles. The fourth-order valence-electron chi connectivity index (χ4n) is 1.40. The summed E-state index contributed by atoms with van der Waals surface area (Å²) in [4.78, 5) is 19.6. The third kappa shape index (κ3) is 4.04. The average molecular weight is 276 g/mol. The van der Waals surface area contributed by atoms with Gasteiger partial charge in [0, 0.05) is 18.0 Å². The van der Waals surface area contributed by atoms with Crippen molar-refractivity contribution in [1.29, 1.82) is 0 Å². The van der Waals surface area contributed by atoms with Crippen LogP contribution in [0.5, 0.6) is 0 Å². The van der Waals surface area contributed by atoms with Crippen molar-refractivity contribution in [2.75, 3.05) is 0 Å². The van der Waals surface area contributed by atoms with Crippen LogP contribution in [0.25, 0.3) is 11.4 Å². The summed E-state index contributed by atoms with van der Waals surface area (Å²) in [6.07, 6.45) is 2.77. The molecule has 0 fully saturated rings. The Balaban J connectivity index is 1.92. The Morgan fingerprint density at radius 3 is 2.90 bits per heavy atom. The molecule has 7 heteroatoms. The molecule has 2 aromatic rings. The van der Waals surface area contributed by atoms with Crippen LogP contribution in [0.1, 0.15) is 26.7 Å². The van der Waals surface area contributed by atoms with Gasteiger partial charge in [-0.2, -0.15) is 4.98 Å². The molecule has 7 nitrogen and oxygen atoms in total. The molecule has 2 heterocycles. The molecule has 0 bridgehead atoms. The number of hydrogen-bond donors (Lipinski definition) is 1. The zero-order chi connectivity index (χ0) is 14.6. The average Bonchev–Trinajstić information content (AvgIpc) is 2.84. The molecule has 2 aromatic heterocycles. The number of aromatic nitrogens is 3. The number of carbonyl (C=O) groups is 1. The van der Waals surface area contributed by atoms with Crippen molar-refractivity contribution >= 4 is 6.09 Å². The first-order valence-electron chi connectivity index (χ1n) is 6.14. The quantitative estimate of drug-likeness (QED) is 0.923. The number of nitrogens with zero attached hydrogens (tertiary/aromatic N) is 3. The highest BCUT2D eigenvalue weighted by molar-refractivity contribution is 5.67. The van der Waals surface area contributed by atoms with E-state index in [1.807, 2.05) is 6.07 Å². The molecule has 0 aromatic carbocycles. The summed E-state index contributed by atoms with van der Waals surface area (Å²) in [5.74, 6) is 0.730. The van der Waals surface area contributed by atoms with Gasteiger partial charge in [-0.05, 0) is 32.9 Å². The van der Waals surface area contributed by atoms with Gasteiger partial charge < -0.3 is 14.6 Å². The Morgan fingerprint density at radius 1 is 1.45 bits per heavy atom. The SMILES string of the molecule is CC(C)(C)OC(=O)NCc1nc(-c2cccnc2)no1. The minimum Gasteiger partial charge on any atom is -0.444 e. The first-order chi connectivity index (χ1) is 9.44. The molecule has 0 atom stereocenters. The van der Waals surface area contributed by atoms with Gasteiger partial charge in [0.05, 0.1) is 0 Å². The van der Waals surface area contributed by atoms with Crippen LogP contribution in [0, 0.1) is 0 Å². The third-order valence-corrected chi connectivity index (χ3v) is 2.17. The summed E-state index contributed by atoms with van der Waals surface area (Å²) < 4.78 is 10.1. The molecule has 0 spiro atoms. The number of amides is 1. The summed E-state index contributed by atoms with van der Waals surface area (Å²) in [5.41, 5.74) is 0.208. The number of alkyl carbamates (subject to hydrolysis) is 1. The first kappa shape index (κ1) is 14.0. The van der Waals surface area contributed by atoms with Crippen LogP contribution in [0.15, 0.2) is 29.0 Å². The first-order valence-corrected chi connectivity index (χ1v) is 6.14. The second-order valence-electron chi connectivity index (χ2n) is 5.11. The minimum atomic E-state index is -0.542. The second-order valence-corrected chi connectivity index (χ2v) is 5.11. The Labute approximate surface area is 116 Å². The van der Waals surface area contributed by atoms with Crippen molar-refractivity contribution in [3.8, 4) is 11.4 Å². The molecule has 2 rings (SSSR count). The molecule has 1 N–H and O–H groups in total. The zero-order valence-corrected chi connectivity index (χ0v) is 11.6. The van der Waals surface area contributed by atoms with Crippen LogP contribution in [0.2, 0.25) is 0 Å². The molecule has 0 aliphatic rings. The molecule has 0 saturated carbocycles. The molecule has 0 saturated heterocycles. The van der Waals surface area contributed by atoms with Gasteiger partial charge >= 0.3 is 6.09 Å². The van der Waals surface area contributed by atoms with Crippen molar-refractivity contribution in [3.63, 3.8) is 0 Å². The van der Waals surface area contributed by atoms with Gasteiger partial charge in [-0.15, -0.1) is 0 Å². The van der Waals surface area contributed by atoms with Gasteiger partial charge in [0.25, 0.3) is 0 Å². The molecular formula is C13H16N4O3. The van der Waals surface area contributed by atoms with Gasteiger partial charge in [-0.1, -0.05) is 5.16 Å². The lowest BCUT2D eigenvalue weighted by Gasteiger charge is -2.19. The Bertz CT molecular complexity index is 575. The van der Waals surface area contributed by atoms with E-state index in [2.05, 4.69) is 20.4 Å². The standard InChI is InChI=1S/C13H16N4O3/c1-13(2,3)19-12(18)15-8-10-16-11(17-20-10)9-5-4-6-14-7-9/h4-7H,8H2,1-3H3,(H,15,18). The van der Waals surface area contributed by atoms with Crippen molar-refractivity contribution in [3.05, 3.63) is 30.4 Å². The van der Waals surface area contributed by atoms with E-state index in [0.717, 1.165) is 5.56 Å². The summed E-state index contributed by atoms with van der Waals surface area (Å²) in [6.45, 7) is 5.49. The van der Waals surface area contributed by atoms with E-state index in [4.69, 9.17) is 9.26 Å². The van der Waals surface area contributed by atoms with E-state index in [-0.39, 0.29) is 6.54 Å². The maximum atomic E-state index is 11.5. The topological polar surface area (TPSA) is 90.1 Å². The Hall–Kier alpha value is -2.44. The van der Waals surface area contributed by atoms with Gasteiger partial charge in [-0.3, -0.25) is 4.98 Å². The van der Waals surface area contributed by atoms with Crippen molar-refractivity contribution in [2.45, 2.75) is 32.9 Å². The number of pyridine rings is 1. The number of ether oxygens (including phenoxy) is 1. The molecule has 20 heavy (non-hydrogen) atoms. The molecule has 0 radical (unpaired) electrons. The fraction of sp³-hybridized carbons (Fsp3) is 0.385. The lowest BCUT2D eigenvalue weighted by molar-refractivity contribution is 0.0518. The fourth-order valence-corrected chi connectivity index (χ4v) is 1.40. The zero-order valence-electron chi connectivity index (χ0n) is 11.6. The van der Waals surface area contributed by atoms with Gasteiger partial charge in [0.1, 0.15) is 12.1 Å². The van der Waals surface area contributed by atoms with Crippen LogP contribution in [-0.4, -0.2) is 26.8 Å². The molecule has 106 valence electrons. The predicted octanol–water partition coefficient (Wildman–Crippen LogP) is 2.16. The number of hydrogen-bond acceptors (Lipinski definition) is 6. The van der Waals surface area contributed by atoms with E-state index < -0.39 is 11.7 Å². The molecular weight excluding hydrogens is 260 g/mol. The monoisotopic (exact) mass is 276 g/mol. The van der Waals surface area contributed by atoms with Crippen LogP contribution < -0.4 is 5.32 Å². The van der Waals surface area contributed by atoms with E-state index in [1.165, 1.54) is 0 Å². The van der Waals surface area contributed by atoms with Crippen molar-refractivity contribution in [2.24, 2.45) is 0 Å². The van der Waals surface area contributed by atoms with E-state index in [1.54, 1.807) is 39.2 Å². The summed E-state index contributed by atoms with van der Waals surface area (Å²) in [7, 11) is 0. The van der Waals surface area contributed by atoms with Crippen molar-refractivity contribution < 1.29 is 14.1 Å². The molecule has 1 amide bonds. The van der Waals surface area contributed by atoms with Gasteiger partial charge in [-0.25, -0.2) is 4.79 Å². The Kier molecular flexibility index (Phi) is 3.97. The van der Waals surface area contributed by atoms with Gasteiger partial charge in [0.15, 0.2) is 0 Å². The number of nitrogens with one attached hydrogen (secondary N) is 1. The minimum absolute atomic E-state index is 0.113. The van der Waals surface area contributed by atoms with E-state index >= 15 is 0 Å². The summed E-state index contributed by atoms with van der Waals surface area (Å²) >= 11 is 0. The molecule has 0 unspecified atom stereocenters. The highest BCUT2D eigenvalue weighted by Crippen LogP contribution is 2.13. The lowest BCUT2D eigenvalue weighted by Crippen LogP contribution is -2.32. The smallest absolute Gasteiger partial charge is 0.408 e. The van der Waals surface area contributed by atoms with E-state index in [0.29, 0.717) is 11.7 Å². The third-order valence-electron chi connectivity index (χ3n) is 2.17. The number of carbonyl (C=O) groups excluding carboxylic acids is 1. The van der Waals surface area contributed by atoms with Crippen LogP contribution >= 0.6 is 0 Å². The van der Waals surface area contributed by atoms with Gasteiger partial charge in [0.2, 0.25) is 11.7 Å². The Morgan fingerprint density at radius 2 is 2.25 bits per heavy atom. The normalized spacial score (nSPS) is 11.2. The van der Waals surface area contributed by atoms with Crippen LogP contribution in [0.4, 0.5) is 4.79 Å². The summed E-state index contributed by atoms with van der Waals surface area (Å²) in [6, 6.07) is 3.60. The van der Waals surface area contributed by atoms with Crippen molar-refractivity contribution in [1.82, 2.24) is 20.4 Å². The van der Waals surface area contributed by atoms with E-state index in [9.17, 15) is 4.79 Å². The highest BCUT2D eigenvalue weighted by Gasteiger charge is 2.17. The van der Waals surface area contributed by atoms with Crippen LogP contribution in [0.3, 0.4) is 0 Å². The molecule has 0 aliphatic carbocycles. The predicted molar refractivity (Wildman–Crippen MR) is 70.6 cm³/mol. The maximum Gasteiger partial charge on any atom is 0.408 e. The highest BCUT2D eigenvalue weighted by atomic mass is 16.6. The number of rotatable bonds is 3. The lowest BCUT2D eigenvalue weighted by atomic mass is 10.2.